The SMILES string of the molecule is C=C/C=C\C(=C/C)CN1CC(=O)N2C(Cc3cccc4ccccc34)C(=O)N(CCc3ccc(F)cc3)CC2N1C(=O)OC. The van der Waals surface area contributed by atoms with E-state index in [-0.39, 0.29) is 43.7 Å². The molecule has 2 heterocycles. The molecule has 2 aliphatic heterocycles. The number of hydrazine groups is 1. The normalized spacial score (nSPS) is 19.5. The summed E-state index contributed by atoms with van der Waals surface area (Å²) >= 11 is 0. The highest BCUT2D eigenvalue weighted by molar-refractivity contribution is 5.92. The fourth-order valence-corrected chi connectivity index (χ4v) is 6.04. The lowest BCUT2D eigenvalue weighted by Crippen LogP contribution is -2.76. The molecule has 0 aliphatic carbocycles. The fourth-order valence-electron chi connectivity index (χ4n) is 6.04. The van der Waals surface area contributed by atoms with E-state index in [0.29, 0.717) is 13.0 Å². The van der Waals surface area contributed by atoms with Crippen LogP contribution in [0.1, 0.15) is 18.1 Å². The van der Waals surface area contributed by atoms with Crippen molar-refractivity contribution in [2.24, 2.45) is 0 Å². The summed E-state index contributed by atoms with van der Waals surface area (Å²) in [6, 6.07) is 19.2. The Kier molecular flexibility index (Phi) is 9.55. The minimum absolute atomic E-state index is 0.0975. The molecule has 2 saturated heterocycles. The maximum absolute atomic E-state index is 14.2. The van der Waals surface area contributed by atoms with Crippen LogP contribution in [0.3, 0.4) is 0 Å². The van der Waals surface area contributed by atoms with Gasteiger partial charge in [0.1, 0.15) is 18.0 Å². The van der Waals surface area contributed by atoms with Gasteiger partial charge in [0, 0.05) is 19.5 Å². The second-order valence-corrected chi connectivity index (χ2v) is 10.9. The van der Waals surface area contributed by atoms with Crippen molar-refractivity contribution in [2.45, 2.75) is 32.0 Å². The van der Waals surface area contributed by atoms with Gasteiger partial charge < -0.3 is 14.5 Å². The van der Waals surface area contributed by atoms with Crippen molar-refractivity contribution >= 4 is 28.7 Å². The lowest BCUT2D eigenvalue weighted by molar-refractivity contribution is -0.192. The number of piperazine rings is 1. The van der Waals surface area contributed by atoms with E-state index in [0.717, 1.165) is 27.5 Å². The van der Waals surface area contributed by atoms with E-state index in [1.807, 2.05) is 61.5 Å². The van der Waals surface area contributed by atoms with Crippen molar-refractivity contribution in [1.29, 1.82) is 0 Å². The van der Waals surface area contributed by atoms with Crippen LogP contribution < -0.4 is 0 Å². The van der Waals surface area contributed by atoms with Gasteiger partial charge in [-0.1, -0.05) is 85.5 Å². The molecule has 5 rings (SSSR count). The number of hydrogen-bond acceptors (Lipinski definition) is 5. The number of halogens is 1. The molecule has 3 aromatic rings. The van der Waals surface area contributed by atoms with Crippen molar-refractivity contribution in [2.75, 3.05) is 33.3 Å². The summed E-state index contributed by atoms with van der Waals surface area (Å²) in [5, 5.41) is 5.20. The maximum atomic E-state index is 14.2. The Morgan fingerprint density at radius 2 is 1.82 bits per heavy atom. The molecule has 0 N–H and O–H groups in total. The van der Waals surface area contributed by atoms with Gasteiger partial charge in [-0.2, -0.15) is 5.01 Å². The summed E-state index contributed by atoms with van der Waals surface area (Å²) in [7, 11) is 1.31. The van der Waals surface area contributed by atoms with Crippen LogP contribution >= 0.6 is 0 Å². The second-order valence-electron chi connectivity index (χ2n) is 10.9. The summed E-state index contributed by atoms with van der Waals surface area (Å²) < 4.78 is 18.8. The molecule has 9 heteroatoms. The maximum Gasteiger partial charge on any atom is 0.426 e. The molecule has 2 atom stereocenters. The van der Waals surface area contributed by atoms with Crippen LogP contribution in [-0.4, -0.2) is 83.2 Å². The number of methoxy groups -OCH3 is 1. The first-order valence-corrected chi connectivity index (χ1v) is 14.7. The van der Waals surface area contributed by atoms with E-state index < -0.39 is 18.3 Å². The summed E-state index contributed by atoms with van der Waals surface area (Å²) in [6.45, 7) is 6.25. The minimum Gasteiger partial charge on any atom is -0.452 e. The largest absolute Gasteiger partial charge is 0.452 e. The summed E-state index contributed by atoms with van der Waals surface area (Å²) in [6.07, 6.45) is 6.62. The highest BCUT2D eigenvalue weighted by Crippen LogP contribution is 2.31. The zero-order chi connectivity index (χ0) is 31.2. The average molecular weight is 597 g/mol. The van der Waals surface area contributed by atoms with Gasteiger partial charge in [0.15, 0.2) is 0 Å². The zero-order valence-corrected chi connectivity index (χ0v) is 25.1. The van der Waals surface area contributed by atoms with E-state index in [1.54, 1.807) is 39.1 Å². The molecule has 44 heavy (non-hydrogen) atoms. The van der Waals surface area contributed by atoms with Crippen LogP contribution in [0.25, 0.3) is 10.8 Å². The molecular formula is C35H37FN4O4. The van der Waals surface area contributed by atoms with Gasteiger partial charge in [-0.05, 0) is 52.9 Å². The molecule has 3 aromatic carbocycles. The smallest absolute Gasteiger partial charge is 0.426 e. The first-order chi connectivity index (χ1) is 21.3. The lowest BCUT2D eigenvalue weighted by atomic mass is 9.94. The summed E-state index contributed by atoms with van der Waals surface area (Å²) in [5.41, 5.74) is 2.70. The molecule has 228 valence electrons. The number of carbonyl (C=O) groups excluding carboxylic acids is 3. The van der Waals surface area contributed by atoms with Crippen LogP contribution in [0.15, 0.2) is 103 Å². The molecular weight excluding hydrogens is 559 g/mol. The van der Waals surface area contributed by atoms with Crippen LogP contribution in [-0.2, 0) is 27.2 Å². The van der Waals surface area contributed by atoms with Crippen LogP contribution in [0.2, 0.25) is 0 Å². The highest BCUT2D eigenvalue weighted by atomic mass is 19.1. The van der Waals surface area contributed by atoms with Crippen LogP contribution in [0, 0.1) is 5.82 Å². The van der Waals surface area contributed by atoms with Gasteiger partial charge in [0.2, 0.25) is 11.8 Å². The Balaban J connectivity index is 1.53. The van der Waals surface area contributed by atoms with Gasteiger partial charge in [-0.15, -0.1) is 0 Å². The number of fused-ring (bicyclic) bond motifs is 2. The molecule has 0 aromatic heterocycles. The van der Waals surface area contributed by atoms with Crippen molar-refractivity contribution in [3.63, 3.8) is 0 Å². The van der Waals surface area contributed by atoms with Gasteiger partial charge in [-0.25, -0.2) is 14.2 Å². The van der Waals surface area contributed by atoms with Crippen molar-refractivity contribution in [3.8, 4) is 0 Å². The number of hydrogen-bond donors (Lipinski definition) is 0. The Bertz CT molecular complexity index is 1600. The molecule has 0 spiro atoms. The van der Waals surface area contributed by atoms with Gasteiger partial charge >= 0.3 is 6.09 Å². The van der Waals surface area contributed by atoms with Crippen molar-refractivity contribution in [1.82, 2.24) is 19.8 Å². The molecule has 0 radical (unpaired) electrons. The van der Waals surface area contributed by atoms with E-state index in [4.69, 9.17) is 4.74 Å². The quantitative estimate of drug-likeness (QED) is 0.321. The van der Waals surface area contributed by atoms with Gasteiger partial charge in [0.05, 0.1) is 20.2 Å². The third kappa shape index (κ3) is 6.43. The molecule has 2 aliphatic rings. The predicted molar refractivity (Wildman–Crippen MR) is 168 cm³/mol. The van der Waals surface area contributed by atoms with Gasteiger partial charge in [0.25, 0.3) is 0 Å². The minimum atomic E-state index is -0.837. The number of ether oxygens (including phenoxy) is 1. The molecule has 8 nitrogen and oxygen atoms in total. The average Bonchev–Trinajstić information content (AvgIpc) is 3.04. The molecule has 3 amide bonds. The Morgan fingerprint density at radius 1 is 1.07 bits per heavy atom. The molecule has 2 fully saturated rings. The molecule has 0 bridgehead atoms. The third-order valence-corrected chi connectivity index (χ3v) is 8.25. The summed E-state index contributed by atoms with van der Waals surface area (Å²) in [5.74, 6) is -0.757. The molecule has 2 unspecified atom stereocenters. The standard InChI is InChI=1S/C35H37FN4O4/c1-4-6-10-25(5-2)22-38-24-33(41)39-31(21-28-13-9-12-27-11-7-8-14-30(27)28)34(42)37(23-32(39)40(38)35(43)44-3)20-19-26-15-17-29(36)18-16-26/h4-18,31-32H,1,19-24H2,2-3H3/b10-6-,25-5+. The Morgan fingerprint density at radius 3 is 2.55 bits per heavy atom. The second kappa shape index (κ2) is 13.7. The van der Waals surface area contributed by atoms with Crippen molar-refractivity contribution < 1.29 is 23.5 Å². The van der Waals surface area contributed by atoms with Crippen LogP contribution in [0.4, 0.5) is 9.18 Å². The first kappa shape index (κ1) is 30.7. The van der Waals surface area contributed by atoms with Crippen LogP contribution in [0.5, 0.6) is 0 Å². The Labute approximate surface area is 257 Å². The Hall–Kier alpha value is -4.76. The zero-order valence-electron chi connectivity index (χ0n) is 25.1. The monoisotopic (exact) mass is 596 g/mol. The van der Waals surface area contributed by atoms with Gasteiger partial charge in [-0.3, -0.25) is 9.59 Å². The van der Waals surface area contributed by atoms with E-state index in [9.17, 15) is 18.8 Å². The number of allylic oxidation sites excluding steroid dienone is 3. The number of carbonyl (C=O) groups is 3. The van der Waals surface area contributed by atoms with E-state index in [1.165, 1.54) is 24.3 Å². The number of nitrogens with zero attached hydrogens (tertiary/aromatic N) is 4. The lowest BCUT2D eigenvalue weighted by Gasteiger charge is -2.54. The van der Waals surface area contributed by atoms with E-state index in [2.05, 4.69) is 6.58 Å². The number of rotatable bonds is 9. The summed E-state index contributed by atoms with van der Waals surface area (Å²) in [4.78, 5) is 44.8. The van der Waals surface area contributed by atoms with E-state index >= 15 is 0 Å². The highest BCUT2D eigenvalue weighted by Gasteiger charge is 2.51. The third-order valence-electron chi connectivity index (χ3n) is 8.25. The topological polar surface area (TPSA) is 73.4 Å². The first-order valence-electron chi connectivity index (χ1n) is 14.7. The number of benzene rings is 3. The van der Waals surface area contributed by atoms with Crippen molar-refractivity contribution in [3.05, 3.63) is 120 Å². The number of amides is 3. The predicted octanol–water partition coefficient (Wildman–Crippen LogP) is 5.12. The molecule has 0 saturated carbocycles. The fraction of sp³-hybridized carbons (Fsp3) is 0.286.